The summed E-state index contributed by atoms with van der Waals surface area (Å²) in [5, 5.41) is 3.06. The highest BCUT2D eigenvalue weighted by molar-refractivity contribution is 7.89. The SMILES string of the molecule is Cc1ccc(CN(CC(=O)Nc2ccc(Cl)cc2C(=O)c2ccccc2)S(=O)(=O)c2ccc(C)cc2)cc1. The summed E-state index contributed by atoms with van der Waals surface area (Å²) in [7, 11) is -4.01. The highest BCUT2D eigenvalue weighted by atomic mass is 35.5. The van der Waals surface area contributed by atoms with Gasteiger partial charge in [0.2, 0.25) is 15.9 Å². The van der Waals surface area contributed by atoms with E-state index in [0.717, 1.165) is 21.0 Å². The molecule has 0 unspecified atom stereocenters. The van der Waals surface area contributed by atoms with E-state index in [1.807, 2.05) is 38.1 Å². The largest absolute Gasteiger partial charge is 0.324 e. The van der Waals surface area contributed by atoms with Crippen molar-refractivity contribution in [1.29, 1.82) is 0 Å². The van der Waals surface area contributed by atoms with E-state index in [1.54, 1.807) is 48.5 Å². The summed E-state index contributed by atoms with van der Waals surface area (Å²) in [6, 6.07) is 27.2. The molecule has 6 nitrogen and oxygen atoms in total. The summed E-state index contributed by atoms with van der Waals surface area (Å²) in [5.74, 6) is -0.899. The number of anilines is 1. The van der Waals surface area contributed by atoms with E-state index in [-0.39, 0.29) is 28.5 Å². The molecule has 1 amide bonds. The number of nitrogens with one attached hydrogen (secondary N) is 1. The number of aryl methyl sites for hydroxylation is 2. The number of rotatable bonds is 9. The molecular formula is C30H27ClN2O4S. The Morgan fingerprint density at radius 1 is 0.816 bits per heavy atom. The van der Waals surface area contributed by atoms with Crippen LogP contribution in [0.25, 0.3) is 0 Å². The predicted octanol–water partition coefficient (Wildman–Crippen LogP) is 6.02. The van der Waals surface area contributed by atoms with E-state index in [4.69, 9.17) is 11.6 Å². The number of carbonyl (C=O) groups excluding carboxylic acids is 2. The van der Waals surface area contributed by atoms with Gasteiger partial charge in [-0.1, -0.05) is 89.5 Å². The average molecular weight is 547 g/mol. The van der Waals surface area contributed by atoms with Crippen LogP contribution in [0.3, 0.4) is 0 Å². The third-order valence-electron chi connectivity index (χ3n) is 5.99. The molecule has 0 aliphatic heterocycles. The van der Waals surface area contributed by atoms with Crippen molar-refractivity contribution in [2.45, 2.75) is 25.3 Å². The van der Waals surface area contributed by atoms with E-state index >= 15 is 0 Å². The van der Waals surface area contributed by atoms with Crippen LogP contribution in [0, 0.1) is 13.8 Å². The third kappa shape index (κ3) is 6.55. The Labute approximate surface area is 227 Å². The van der Waals surface area contributed by atoms with Gasteiger partial charge in [-0.3, -0.25) is 9.59 Å². The quantitative estimate of drug-likeness (QED) is 0.260. The van der Waals surface area contributed by atoms with Crippen molar-refractivity contribution in [3.8, 4) is 0 Å². The number of hydrogen-bond donors (Lipinski definition) is 1. The first kappa shape index (κ1) is 27.3. The number of benzene rings is 4. The van der Waals surface area contributed by atoms with Crippen LogP contribution in [0.5, 0.6) is 0 Å². The zero-order valence-electron chi connectivity index (χ0n) is 21.0. The molecule has 0 atom stereocenters. The lowest BCUT2D eigenvalue weighted by atomic mass is 10.0. The van der Waals surface area contributed by atoms with Crippen molar-refractivity contribution in [3.63, 3.8) is 0 Å². The van der Waals surface area contributed by atoms with Crippen LogP contribution in [0.4, 0.5) is 5.69 Å². The maximum absolute atomic E-state index is 13.6. The summed E-state index contributed by atoms with van der Waals surface area (Å²) in [5.41, 5.74) is 3.60. The van der Waals surface area contributed by atoms with Crippen LogP contribution in [-0.4, -0.2) is 31.0 Å². The highest BCUT2D eigenvalue weighted by Gasteiger charge is 2.27. The minimum absolute atomic E-state index is 0.000328. The van der Waals surface area contributed by atoms with Gasteiger partial charge in [-0.05, 0) is 49.7 Å². The van der Waals surface area contributed by atoms with Crippen LogP contribution in [0.1, 0.15) is 32.6 Å². The van der Waals surface area contributed by atoms with Gasteiger partial charge < -0.3 is 5.32 Å². The van der Waals surface area contributed by atoms with Gasteiger partial charge in [-0.15, -0.1) is 0 Å². The number of amides is 1. The Morgan fingerprint density at radius 2 is 1.42 bits per heavy atom. The van der Waals surface area contributed by atoms with Gasteiger partial charge in [-0.2, -0.15) is 4.31 Å². The lowest BCUT2D eigenvalue weighted by Crippen LogP contribution is -2.37. The molecule has 0 heterocycles. The molecule has 194 valence electrons. The van der Waals surface area contributed by atoms with Gasteiger partial charge in [0.05, 0.1) is 17.1 Å². The van der Waals surface area contributed by atoms with Gasteiger partial charge in [0.15, 0.2) is 5.78 Å². The molecule has 4 aromatic carbocycles. The number of halogens is 1. The number of nitrogens with zero attached hydrogens (tertiary/aromatic N) is 1. The second-order valence-electron chi connectivity index (χ2n) is 9.00. The van der Waals surface area contributed by atoms with Gasteiger partial charge in [0.25, 0.3) is 0 Å². The topological polar surface area (TPSA) is 83.6 Å². The van der Waals surface area contributed by atoms with Crippen molar-refractivity contribution >= 4 is 39.0 Å². The van der Waals surface area contributed by atoms with E-state index in [1.165, 1.54) is 24.3 Å². The smallest absolute Gasteiger partial charge is 0.243 e. The van der Waals surface area contributed by atoms with Crippen LogP contribution in [-0.2, 0) is 21.4 Å². The Kier molecular flexibility index (Phi) is 8.42. The van der Waals surface area contributed by atoms with Crippen LogP contribution >= 0.6 is 11.6 Å². The standard InChI is InChI=1S/C30H27ClN2O4S/c1-21-8-12-23(13-9-21)19-33(38(36,37)26-15-10-22(2)11-16-26)20-29(34)32-28-17-14-25(31)18-27(28)30(35)24-6-4-3-5-7-24/h3-18H,19-20H2,1-2H3,(H,32,34). The van der Waals surface area contributed by atoms with Crippen molar-refractivity contribution in [3.05, 3.63) is 130 Å². The second-order valence-corrected chi connectivity index (χ2v) is 11.4. The molecule has 0 saturated carbocycles. The number of sulfonamides is 1. The first-order chi connectivity index (χ1) is 18.1. The van der Waals surface area contributed by atoms with Crippen molar-refractivity contribution in [2.24, 2.45) is 0 Å². The predicted molar refractivity (Wildman–Crippen MR) is 150 cm³/mol. The van der Waals surface area contributed by atoms with Gasteiger partial charge in [0, 0.05) is 22.7 Å². The second kappa shape index (κ2) is 11.7. The monoisotopic (exact) mass is 546 g/mol. The summed E-state index contributed by atoms with van der Waals surface area (Å²) in [6.07, 6.45) is 0. The van der Waals surface area contributed by atoms with E-state index in [2.05, 4.69) is 5.32 Å². The molecule has 0 radical (unpaired) electrons. The molecule has 0 bridgehead atoms. The van der Waals surface area contributed by atoms with Crippen LogP contribution in [0.2, 0.25) is 5.02 Å². The normalized spacial score (nSPS) is 11.4. The molecule has 0 fully saturated rings. The van der Waals surface area contributed by atoms with E-state index in [0.29, 0.717) is 10.6 Å². The minimum Gasteiger partial charge on any atom is -0.324 e. The Bertz CT molecular complexity index is 1550. The van der Waals surface area contributed by atoms with Crippen molar-refractivity contribution in [2.75, 3.05) is 11.9 Å². The van der Waals surface area contributed by atoms with E-state index in [9.17, 15) is 18.0 Å². The maximum atomic E-state index is 13.6. The average Bonchev–Trinajstić information content (AvgIpc) is 2.91. The van der Waals surface area contributed by atoms with Gasteiger partial charge >= 0.3 is 0 Å². The van der Waals surface area contributed by atoms with Crippen molar-refractivity contribution in [1.82, 2.24) is 4.31 Å². The first-order valence-electron chi connectivity index (χ1n) is 11.9. The molecular weight excluding hydrogens is 520 g/mol. The summed E-state index contributed by atoms with van der Waals surface area (Å²) in [4.78, 5) is 26.5. The molecule has 4 rings (SSSR count). The number of carbonyl (C=O) groups is 2. The first-order valence-corrected chi connectivity index (χ1v) is 13.8. The number of ketones is 1. The molecule has 1 N–H and O–H groups in total. The summed E-state index contributed by atoms with van der Waals surface area (Å²) in [6.45, 7) is 3.36. The zero-order valence-corrected chi connectivity index (χ0v) is 22.6. The minimum atomic E-state index is -4.01. The Balaban J connectivity index is 1.63. The third-order valence-corrected chi connectivity index (χ3v) is 8.04. The van der Waals surface area contributed by atoms with Crippen LogP contribution < -0.4 is 5.32 Å². The molecule has 38 heavy (non-hydrogen) atoms. The summed E-state index contributed by atoms with van der Waals surface area (Å²) >= 11 is 6.16. The Hall–Kier alpha value is -3.78. The van der Waals surface area contributed by atoms with Gasteiger partial charge in [0.1, 0.15) is 0 Å². The van der Waals surface area contributed by atoms with Gasteiger partial charge in [-0.25, -0.2) is 8.42 Å². The fourth-order valence-electron chi connectivity index (χ4n) is 3.89. The molecule has 0 aliphatic carbocycles. The zero-order chi connectivity index (χ0) is 27.3. The maximum Gasteiger partial charge on any atom is 0.243 e. The van der Waals surface area contributed by atoms with E-state index < -0.39 is 22.5 Å². The fourth-order valence-corrected chi connectivity index (χ4v) is 5.45. The lowest BCUT2D eigenvalue weighted by Gasteiger charge is -2.22. The molecule has 0 aromatic heterocycles. The van der Waals surface area contributed by atoms with Crippen LogP contribution in [0.15, 0.2) is 102 Å². The molecule has 0 aliphatic rings. The summed E-state index contributed by atoms with van der Waals surface area (Å²) < 4.78 is 28.3. The van der Waals surface area contributed by atoms with Crippen molar-refractivity contribution < 1.29 is 18.0 Å². The fraction of sp³-hybridized carbons (Fsp3) is 0.133. The molecule has 8 heteroatoms. The molecule has 4 aromatic rings. The lowest BCUT2D eigenvalue weighted by molar-refractivity contribution is -0.116. The molecule has 0 saturated heterocycles. The Morgan fingerprint density at radius 3 is 2.05 bits per heavy atom. The number of hydrogen-bond acceptors (Lipinski definition) is 4. The highest BCUT2D eigenvalue weighted by Crippen LogP contribution is 2.25. The molecule has 0 spiro atoms.